The van der Waals surface area contributed by atoms with E-state index in [0.717, 1.165) is 17.0 Å². The van der Waals surface area contributed by atoms with Gasteiger partial charge >= 0.3 is 0 Å². The summed E-state index contributed by atoms with van der Waals surface area (Å²) in [7, 11) is 0. The summed E-state index contributed by atoms with van der Waals surface area (Å²) in [5.74, 6) is 0.466. The van der Waals surface area contributed by atoms with Crippen molar-refractivity contribution >= 4 is 11.6 Å². The van der Waals surface area contributed by atoms with Crippen LogP contribution in [0.4, 0.5) is 0 Å². The molecule has 0 bridgehead atoms. The molecule has 78 valence electrons. The lowest BCUT2D eigenvalue weighted by Gasteiger charge is -2.21. The predicted molar refractivity (Wildman–Crippen MR) is 62.6 cm³/mol. The van der Waals surface area contributed by atoms with Gasteiger partial charge < -0.3 is 5.73 Å². The average Bonchev–Trinajstić information content (AvgIpc) is 2.16. The minimum absolute atomic E-state index is 0.0497. The molecule has 1 aromatic rings. The molecule has 1 rings (SSSR count). The number of hydrogen-bond donors (Lipinski definition) is 1. The van der Waals surface area contributed by atoms with Crippen LogP contribution in [-0.4, -0.2) is 0 Å². The molecule has 0 radical (unpaired) electrons. The molecule has 2 atom stereocenters. The van der Waals surface area contributed by atoms with Crippen molar-refractivity contribution in [3.05, 3.63) is 34.3 Å². The van der Waals surface area contributed by atoms with Crippen LogP contribution in [0.5, 0.6) is 0 Å². The van der Waals surface area contributed by atoms with Crippen molar-refractivity contribution in [2.75, 3.05) is 0 Å². The van der Waals surface area contributed by atoms with Gasteiger partial charge in [0, 0.05) is 11.1 Å². The molecule has 1 unspecified atom stereocenters. The van der Waals surface area contributed by atoms with Gasteiger partial charge in [-0.1, -0.05) is 44.0 Å². The van der Waals surface area contributed by atoms with Crippen LogP contribution >= 0.6 is 11.6 Å². The number of halogens is 1. The van der Waals surface area contributed by atoms with Gasteiger partial charge in [-0.2, -0.15) is 0 Å². The number of benzene rings is 1. The summed E-state index contributed by atoms with van der Waals surface area (Å²) in [6, 6.07) is 5.98. The summed E-state index contributed by atoms with van der Waals surface area (Å²) < 4.78 is 0. The van der Waals surface area contributed by atoms with E-state index in [0.29, 0.717) is 5.92 Å². The van der Waals surface area contributed by atoms with Crippen molar-refractivity contribution in [3.8, 4) is 0 Å². The molecule has 0 saturated carbocycles. The molecule has 0 heterocycles. The highest BCUT2D eigenvalue weighted by Gasteiger charge is 2.17. The Bertz CT molecular complexity index is 289. The van der Waals surface area contributed by atoms with E-state index in [1.807, 2.05) is 12.1 Å². The molecular formula is C12H18ClN. The summed E-state index contributed by atoms with van der Waals surface area (Å²) in [5, 5.41) is 0.790. The van der Waals surface area contributed by atoms with Crippen LogP contribution in [0.15, 0.2) is 18.2 Å². The standard InChI is InChI=1S/C12H18ClN/c1-4-8(2)12(14)11-9(3)6-5-7-10(11)13/h5-8,12H,4,14H2,1-3H3/t8?,12-/m1/s1. The molecule has 2 N–H and O–H groups in total. The summed E-state index contributed by atoms with van der Waals surface area (Å²) in [6.07, 6.45) is 1.08. The SMILES string of the molecule is CCC(C)[C@@H](N)c1c(C)cccc1Cl. The van der Waals surface area contributed by atoms with E-state index in [9.17, 15) is 0 Å². The fourth-order valence-electron chi connectivity index (χ4n) is 1.61. The minimum atomic E-state index is 0.0497. The Morgan fingerprint density at radius 1 is 1.43 bits per heavy atom. The highest BCUT2D eigenvalue weighted by molar-refractivity contribution is 6.31. The lowest BCUT2D eigenvalue weighted by molar-refractivity contribution is 0.455. The van der Waals surface area contributed by atoms with Crippen molar-refractivity contribution in [2.24, 2.45) is 11.7 Å². The van der Waals surface area contributed by atoms with Crippen LogP contribution in [0.25, 0.3) is 0 Å². The summed E-state index contributed by atoms with van der Waals surface area (Å²) in [4.78, 5) is 0. The molecule has 14 heavy (non-hydrogen) atoms. The Hall–Kier alpha value is -0.530. The Morgan fingerprint density at radius 2 is 2.07 bits per heavy atom. The van der Waals surface area contributed by atoms with Gasteiger partial charge in [-0.25, -0.2) is 0 Å². The van der Waals surface area contributed by atoms with Crippen molar-refractivity contribution < 1.29 is 0 Å². The first-order valence-corrected chi connectivity index (χ1v) is 5.46. The highest BCUT2D eigenvalue weighted by Crippen LogP contribution is 2.30. The van der Waals surface area contributed by atoms with Gasteiger partial charge in [-0.15, -0.1) is 0 Å². The van der Waals surface area contributed by atoms with E-state index in [1.54, 1.807) is 0 Å². The van der Waals surface area contributed by atoms with Crippen LogP contribution in [0, 0.1) is 12.8 Å². The third kappa shape index (κ3) is 2.28. The van der Waals surface area contributed by atoms with Gasteiger partial charge in [0.1, 0.15) is 0 Å². The Balaban J connectivity index is 3.05. The quantitative estimate of drug-likeness (QED) is 0.811. The second-order valence-corrected chi connectivity index (χ2v) is 4.29. The molecule has 0 aliphatic rings. The van der Waals surface area contributed by atoms with Crippen molar-refractivity contribution in [1.82, 2.24) is 0 Å². The second-order valence-electron chi connectivity index (χ2n) is 3.88. The Labute approximate surface area is 91.3 Å². The Kier molecular flexibility index (Phi) is 3.97. The van der Waals surface area contributed by atoms with Gasteiger partial charge in [-0.3, -0.25) is 0 Å². The van der Waals surface area contributed by atoms with E-state index < -0.39 is 0 Å². The largest absolute Gasteiger partial charge is 0.324 e. The molecular weight excluding hydrogens is 194 g/mol. The molecule has 0 spiro atoms. The van der Waals surface area contributed by atoms with Gasteiger partial charge in [0.25, 0.3) is 0 Å². The molecule has 0 aliphatic carbocycles. The topological polar surface area (TPSA) is 26.0 Å². The number of rotatable bonds is 3. The zero-order chi connectivity index (χ0) is 10.7. The van der Waals surface area contributed by atoms with E-state index in [2.05, 4.69) is 26.8 Å². The van der Waals surface area contributed by atoms with Crippen LogP contribution in [0.1, 0.15) is 37.4 Å². The molecule has 1 nitrogen and oxygen atoms in total. The lowest BCUT2D eigenvalue weighted by Crippen LogP contribution is -2.20. The summed E-state index contributed by atoms with van der Waals surface area (Å²) >= 11 is 6.15. The van der Waals surface area contributed by atoms with Crippen molar-refractivity contribution in [2.45, 2.75) is 33.2 Å². The summed E-state index contributed by atoms with van der Waals surface area (Å²) in [6.45, 7) is 6.37. The smallest absolute Gasteiger partial charge is 0.0456 e. The zero-order valence-corrected chi connectivity index (χ0v) is 9.81. The molecule has 0 fully saturated rings. The van der Waals surface area contributed by atoms with Crippen LogP contribution in [0.3, 0.4) is 0 Å². The van der Waals surface area contributed by atoms with E-state index >= 15 is 0 Å². The second kappa shape index (κ2) is 4.81. The number of nitrogens with two attached hydrogens (primary N) is 1. The van der Waals surface area contributed by atoms with Gasteiger partial charge in [0.2, 0.25) is 0 Å². The first kappa shape index (κ1) is 11.5. The maximum absolute atomic E-state index is 6.17. The van der Waals surface area contributed by atoms with Crippen molar-refractivity contribution in [1.29, 1.82) is 0 Å². The molecule has 2 heteroatoms. The average molecular weight is 212 g/mol. The van der Waals surface area contributed by atoms with E-state index in [-0.39, 0.29) is 6.04 Å². The molecule has 0 saturated heterocycles. The van der Waals surface area contributed by atoms with Crippen LogP contribution in [-0.2, 0) is 0 Å². The first-order chi connectivity index (χ1) is 6.57. The Morgan fingerprint density at radius 3 is 2.57 bits per heavy atom. The fraction of sp³-hybridized carbons (Fsp3) is 0.500. The van der Waals surface area contributed by atoms with Gasteiger partial charge in [0.05, 0.1) is 0 Å². The van der Waals surface area contributed by atoms with E-state index in [4.69, 9.17) is 17.3 Å². The van der Waals surface area contributed by atoms with Crippen LogP contribution in [0.2, 0.25) is 5.02 Å². The van der Waals surface area contributed by atoms with Crippen LogP contribution < -0.4 is 5.73 Å². The minimum Gasteiger partial charge on any atom is -0.324 e. The molecule has 0 aromatic heterocycles. The lowest BCUT2D eigenvalue weighted by atomic mass is 9.91. The van der Waals surface area contributed by atoms with Gasteiger partial charge in [-0.05, 0) is 30.0 Å². The molecule has 1 aromatic carbocycles. The number of aryl methyl sites for hydroxylation is 1. The third-order valence-corrected chi connectivity index (χ3v) is 3.19. The predicted octanol–water partition coefficient (Wildman–Crippen LogP) is 3.69. The molecule has 0 amide bonds. The third-order valence-electron chi connectivity index (χ3n) is 2.86. The maximum atomic E-state index is 6.17. The summed E-state index contributed by atoms with van der Waals surface area (Å²) in [5.41, 5.74) is 8.45. The highest BCUT2D eigenvalue weighted by atomic mass is 35.5. The first-order valence-electron chi connectivity index (χ1n) is 5.08. The normalized spacial score (nSPS) is 15.2. The zero-order valence-electron chi connectivity index (χ0n) is 9.05. The number of hydrogen-bond acceptors (Lipinski definition) is 1. The van der Waals surface area contributed by atoms with Gasteiger partial charge in [0.15, 0.2) is 0 Å². The maximum Gasteiger partial charge on any atom is 0.0456 e. The van der Waals surface area contributed by atoms with E-state index in [1.165, 1.54) is 5.56 Å². The fourth-order valence-corrected chi connectivity index (χ4v) is 1.95. The van der Waals surface area contributed by atoms with Crippen molar-refractivity contribution in [3.63, 3.8) is 0 Å². The molecule has 0 aliphatic heterocycles. The monoisotopic (exact) mass is 211 g/mol.